The summed E-state index contributed by atoms with van der Waals surface area (Å²) < 4.78 is 2.31. The highest BCUT2D eigenvalue weighted by Crippen LogP contribution is 2.50. The Morgan fingerprint density at radius 1 is 0.409 bits per heavy atom. The van der Waals surface area contributed by atoms with Gasteiger partial charge in [0.1, 0.15) is 5.82 Å². The standard InChI is InChI=1S/C41H27N3/c1-2-14-31-28(12-1)13-11-23-37(31)44-40-22-10-7-19-36(40)42-41(44)29-24-26-30(27-25-29)43-38-20-8-5-17-34(38)32-15-3-4-16-33(32)35-18-6-9-21-39(35)43/h1-27H. The third kappa shape index (κ3) is 3.73. The average Bonchev–Trinajstić information content (AvgIpc) is 3.43. The van der Waals surface area contributed by atoms with E-state index in [1.54, 1.807) is 0 Å². The van der Waals surface area contributed by atoms with Gasteiger partial charge in [0.15, 0.2) is 0 Å². The van der Waals surface area contributed by atoms with Crippen LogP contribution in [0.3, 0.4) is 0 Å². The highest BCUT2D eigenvalue weighted by atomic mass is 15.2. The van der Waals surface area contributed by atoms with E-state index in [-0.39, 0.29) is 0 Å². The summed E-state index contributed by atoms with van der Waals surface area (Å²) in [5.74, 6) is 0.929. The quantitative estimate of drug-likeness (QED) is 0.214. The lowest BCUT2D eigenvalue weighted by atomic mass is 9.95. The Kier molecular flexibility index (Phi) is 5.50. The van der Waals surface area contributed by atoms with Gasteiger partial charge in [-0.2, -0.15) is 0 Å². The molecule has 0 radical (unpaired) electrons. The van der Waals surface area contributed by atoms with Gasteiger partial charge >= 0.3 is 0 Å². The van der Waals surface area contributed by atoms with Crippen LogP contribution in [0.2, 0.25) is 0 Å². The fourth-order valence-electron chi connectivity index (χ4n) is 6.78. The van der Waals surface area contributed by atoms with E-state index in [9.17, 15) is 0 Å². The van der Waals surface area contributed by atoms with Gasteiger partial charge in [-0.3, -0.25) is 4.57 Å². The molecule has 1 aromatic heterocycles. The first-order valence-electron chi connectivity index (χ1n) is 15.0. The van der Waals surface area contributed by atoms with Gasteiger partial charge in [-0.1, -0.05) is 109 Å². The maximum atomic E-state index is 5.17. The van der Waals surface area contributed by atoms with Crippen molar-refractivity contribution in [1.82, 2.24) is 9.55 Å². The Balaban J connectivity index is 1.23. The van der Waals surface area contributed by atoms with Crippen LogP contribution in [-0.2, 0) is 0 Å². The van der Waals surface area contributed by atoms with Crippen molar-refractivity contribution >= 4 is 38.9 Å². The summed E-state index contributed by atoms with van der Waals surface area (Å²) in [5, 5.41) is 2.41. The van der Waals surface area contributed by atoms with Gasteiger partial charge in [0.2, 0.25) is 0 Å². The maximum absolute atomic E-state index is 5.17. The Morgan fingerprint density at radius 2 is 0.955 bits per heavy atom. The SMILES string of the molecule is c1ccc2c(c1)-c1ccccc1N(c1ccc(-c3nc4ccccc4n3-c3cccc4ccccc34)cc1)c1ccccc1-2. The molecule has 0 unspecified atom stereocenters. The van der Waals surface area contributed by atoms with Crippen molar-refractivity contribution in [2.24, 2.45) is 0 Å². The lowest BCUT2D eigenvalue weighted by Crippen LogP contribution is -2.10. The number of imidazole rings is 1. The molecule has 0 saturated carbocycles. The summed E-state index contributed by atoms with van der Waals surface area (Å²) in [5.41, 5.74) is 12.7. The molecule has 206 valence electrons. The summed E-state index contributed by atoms with van der Waals surface area (Å²) in [6.45, 7) is 0. The molecule has 0 fully saturated rings. The van der Waals surface area contributed by atoms with Crippen LogP contribution in [0.25, 0.3) is 61.1 Å². The van der Waals surface area contributed by atoms with Gasteiger partial charge in [0.25, 0.3) is 0 Å². The molecule has 1 aliphatic heterocycles. The van der Waals surface area contributed by atoms with Crippen molar-refractivity contribution in [2.75, 3.05) is 4.90 Å². The molecule has 0 spiro atoms. The van der Waals surface area contributed by atoms with Crippen LogP contribution < -0.4 is 4.90 Å². The predicted octanol–water partition coefficient (Wildman–Crippen LogP) is 11.0. The monoisotopic (exact) mass is 561 g/mol. The van der Waals surface area contributed by atoms with Crippen molar-refractivity contribution in [1.29, 1.82) is 0 Å². The molecule has 8 aromatic rings. The topological polar surface area (TPSA) is 21.1 Å². The zero-order valence-corrected chi connectivity index (χ0v) is 23.9. The minimum atomic E-state index is 0.929. The molecule has 9 rings (SSSR count). The van der Waals surface area contributed by atoms with Crippen LogP contribution in [0.1, 0.15) is 0 Å². The molecule has 3 heteroatoms. The molecule has 0 atom stereocenters. The molecule has 0 N–H and O–H groups in total. The first-order valence-corrected chi connectivity index (χ1v) is 15.0. The second-order valence-electron chi connectivity index (χ2n) is 11.2. The normalized spacial score (nSPS) is 12.0. The summed E-state index contributed by atoms with van der Waals surface area (Å²) in [6, 6.07) is 58.5. The number of fused-ring (bicyclic) bond motifs is 7. The van der Waals surface area contributed by atoms with Gasteiger partial charge in [0.05, 0.1) is 28.1 Å². The highest BCUT2D eigenvalue weighted by Gasteiger charge is 2.25. The minimum Gasteiger partial charge on any atom is -0.309 e. The van der Waals surface area contributed by atoms with Crippen LogP contribution in [0.15, 0.2) is 164 Å². The van der Waals surface area contributed by atoms with Gasteiger partial charge in [-0.05, 0) is 71.1 Å². The average molecular weight is 562 g/mol. The van der Waals surface area contributed by atoms with Crippen molar-refractivity contribution in [3.63, 3.8) is 0 Å². The van der Waals surface area contributed by atoms with Crippen molar-refractivity contribution in [3.8, 4) is 39.3 Å². The van der Waals surface area contributed by atoms with Crippen LogP contribution in [0.4, 0.5) is 17.1 Å². The molecule has 0 saturated heterocycles. The van der Waals surface area contributed by atoms with Crippen molar-refractivity contribution in [3.05, 3.63) is 164 Å². The number of aromatic nitrogens is 2. The third-order valence-corrected chi connectivity index (χ3v) is 8.75. The second-order valence-corrected chi connectivity index (χ2v) is 11.2. The Bertz CT molecular complexity index is 2270. The van der Waals surface area contributed by atoms with Gasteiger partial charge in [-0.15, -0.1) is 0 Å². The number of rotatable bonds is 3. The zero-order valence-electron chi connectivity index (χ0n) is 23.9. The molecule has 1 aliphatic rings. The Morgan fingerprint density at radius 3 is 1.68 bits per heavy atom. The lowest BCUT2D eigenvalue weighted by Gasteiger charge is -2.27. The number of nitrogens with zero attached hydrogens (tertiary/aromatic N) is 3. The molecule has 0 amide bonds. The van der Waals surface area contributed by atoms with Crippen LogP contribution in [0, 0.1) is 0 Å². The molecular formula is C41H27N3. The van der Waals surface area contributed by atoms with Gasteiger partial charge in [-0.25, -0.2) is 4.98 Å². The molecule has 2 heterocycles. The van der Waals surface area contributed by atoms with Crippen LogP contribution in [-0.4, -0.2) is 9.55 Å². The number of anilines is 3. The van der Waals surface area contributed by atoms with E-state index in [0.29, 0.717) is 0 Å². The molecular weight excluding hydrogens is 534 g/mol. The Hall–Kier alpha value is -5.93. The smallest absolute Gasteiger partial charge is 0.145 e. The Labute approximate surface area is 255 Å². The van der Waals surface area contributed by atoms with E-state index in [1.807, 2.05) is 0 Å². The first kappa shape index (κ1) is 24.6. The number of hydrogen-bond acceptors (Lipinski definition) is 2. The molecule has 44 heavy (non-hydrogen) atoms. The van der Waals surface area contributed by atoms with E-state index in [1.165, 1.54) is 44.4 Å². The van der Waals surface area contributed by atoms with Crippen LogP contribution >= 0.6 is 0 Å². The fraction of sp³-hybridized carbons (Fsp3) is 0. The first-order chi connectivity index (χ1) is 21.8. The number of benzene rings is 7. The summed E-state index contributed by atoms with van der Waals surface area (Å²) in [6.07, 6.45) is 0. The second kappa shape index (κ2) is 9.82. The van der Waals surface area contributed by atoms with Crippen LogP contribution in [0.5, 0.6) is 0 Å². The largest absolute Gasteiger partial charge is 0.309 e. The summed E-state index contributed by atoms with van der Waals surface area (Å²) >= 11 is 0. The van der Waals surface area contributed by atoms with E-state index >= 15 is 0 Å². The molecule has 0 bridgehead atoms. The van der Waals surface area contributed by atoms with Gasteiger partial charge in [0, 0.05) is 27.8 Å². The summed E-state index contributed by atoms with van der Waals surface area (Å²) in [7, 11) is 0. The molecule has 7 aromatic carbocycles. The highest BCUT2D eigenvalue weighted by molar-refractivity contribution is 6.02. The third-order valence-electron chi connectivity index (χ3n) is 8.75. The summed E-state index contributed by atoms with van der Waals surface area (Å²) in [4.78, 5) is 7.56. The minimum absolute atomic E-state index is 0.929. The molecule has 3 nitrogen and oxygen atoms in total. The lowest BCUT2D eigenvalue weighted by molar-refractivity contribution is 1.11. The van der Waals surface area contributed by atoms with E-state index < -0.39 is 0 Å². The zero-order chi connectivity index (χ0) is 29.0. The fourth-order valence-corrected chi connectivity index (χ4v) is 6.78. The maximum Gasteiger partial charge on any atom is 0.145 e. The number of hydrogen-bond donors (Lipinski definition) is 0. The molecule has 0 aliphatic carbocycles. The van der Waals surface area contributed by atoms with Crippen molar-refractivity contribution in [2.45, 2.75) is 0 Å². The number of para-hydroxylation sites is 4. The van der Waals surface area contributed by atoms with Crippen molar-refractivity contribution < 1.29 is 0 Å². The van der Waals surface area contributed by atoms with E-state index in [0.717, 1.165) is 33.8 Å². The predicted molar refractivity (Wildman–Crippen MR) is 183 cm³/mol. The van der Waals surface area contributed by atoms with E-state index in [4.69, 9.17) is 4.98 Å². The van der Waals surface area contributed by atoms with Gasteiger partial charge < -0.3 is 4.90 Å². The van der Waals surface area contributed by atoms with E-state index in [2.05, 4.69) is 173 Å².